The minimum atomic E-state index is -3.67. The number of benzene rings is 1. The fourth-order valence-corrected chi connectivity index (χ4v) is 3.10. The Morgan fingerprint density at radius 1 is 1.10 bits per heavy atom. The highest BCUT2D eigenvalue weighted by atomic mass is 32.2. The standard InChI is InChI=1S/C14H22N4O2S/c1-14(2)13(15-21(19,20)16(3)4)17(5)11-9-7-8-10-12(11)18(14)6/h7-10H,1-6H3/b15-13-. The molecule has 1 aromatic carbocycles. The van der Waals surface area contributed by atoms with Gasteiger partial charge in [-0.1, -0.05) is 12.1 Å². The monoisotopic (exact) mass is 310 g/mol. The maximum absolute atomic E-state index is 12.1. The summed E-state index contributed by atoms with van der Waals surface area (Å²) < 4.78 is 29.5. The number of rotatable bonds is 2. The molecule has 1 aromatic rings. The number of likely N-dealkylation sites (N-methyl/N-ethyl adjacent to an activating group) is 2. The van der Waals surface area contributed by atoms with E-state index in [9.17, 15) is 8.42 Å². The summed E-state index contributed by atoms with van der Waals surface area (Å²) in [7, 11) is 3.08. The minimum Gasteiger partial charge on any atom is -0.361 e. The smallest absolute Gasteiger partial charge is 0.323 e. The molecular weight excluding hydrogens is 288 g/mol. The van der Waals surface area contributed by atoms with E-state index >= 15 is 0 Å². The highest BCUT2D eigenvalue weighted by Gasteiger charge is 2.40. The largest absolute Gasteiger partial charge is 0.361 e. The molecule has 0 saturated heterocycles. The van der Waals surface area contributed by atoms with E-state index in [4.69, 9.17) is 0 Å². The Bertz CT molecular complexity index is 680. The second kappa shape index (κ2) is 4.99. The van der Waals surface area contributed by atoms with Gasteiger partial charge in [-0.25, -0.2) is 0 Å². The average molecular weight is 310 g/mol. The Hall–Kier alpha value is -1.60. The van der Waals surface area contributed by atoms with Gasteiger partial charge in [0.15, 0.2) is 0 Å². The molecular formula is C14H22N4O2S. The molecule has 116 valence electrons. The molecule has 0 atom stereocenters. The van der Waals surface area contributed by atoms with E-state index in [1.54, 1.807) is 0 Å². The summed E-state index contributed by atoms with van der Waals surface area (Å²) in [5, 5.41) is 0. The zero-order chi connectivity index (χ0) is 16.0. The van der Waals surface area contributed by atoms with Gasteiger partial charge in [0.1, 0.15) is 5.84 Å². The van der Waals surface area contributed by atoms with Crippen molar-refractivity contribution in [3.8, 4) is 0 Å². The van der Waals surface area contributed by atoms with Gasteiger partial charge in [-0.15, -0.1) is 4.40 Å². The van der Waals surface area contributed by atoms with Crippen LogP contribution in [0.5, 0.6) is 0 Å². The van der Waals surface area contributed by atoms with E-state index < -0.39 is 15.7 Å². The van der Waals surface area contributed by atoms with Gasteiger partial charge in [-0.2, -0.15) is 12.7 Å². The third-order valence-electron chi connectivity index (χ3n) is 3.97. The van der Waals surface area contributed by atoms with Gasteiger partial charge in [0, 0.05) is 28.2 Å². The molecule has 1 aliphatic rings. The summed E-state index contributed by atoms with van der Waals surface area (Å²) in [6.07, 6.45) is 0. The highest BCUT2D eigenvalue weighted by Crippen LogP contribution is 2.39. The summed E-state index contributed by atoms with van der Waals surface area (Å²) >= 11 is 0. The first-order chi connectivity index (χ1) is 9.59. The topological polar surface area (TPSA) is 56.2 Å². The van der Waals surface area contributed by atoms with Crippen molar-refractivity contribution < 1.29 is 8.42 Å². The lowest BCUT2D eigenvalue weighted by atomic mass is 9.95. The number of hydrogen-bond acceptors (Lipinski definition) is 3. The molecule has 0 aromatic heterocycles. The highest BCUT2D eigenvalue weighted by molar-refractivity contribution is 7.87. The molecule has 0 N–H and O–H groups in total. The Balaban J connectivity index is 2.66. The number of para-hydroxylation sites is 2. The van der Waals surface area contributed by atoms with Crippen molar-refractivity contribution in [3.63, 3.8) is 0 Å². The first-order valence-electron chi connectivity index (χ1n) is 6.68. The Morgan fingerprint density at radius 2 is 1.62 bits per heavy atom. The second-order valence-electron chi connectivity index (χ2n) is 5.84. The van der Waals surface area contributed by atoms with Crippen LogP contribution in [-0.2, 0) is 10.2 Å². The third kappa shape index (κ3) is 2.51. The van der Waals surface area contributed by atoms with Gasteiger partial charge < -0.3 is 9.80 Å². The molecule has 21 heavy (non-hydrogen) atoms. The van der Waals surface area contributed by atoms with E-state index in [0.29, 0.717) is 5.84 Å². The van der Waals surface area contributed by atoms with Gasteiger partial charge in [-0.05, 0) is 26.0 Å². The van der Waals surface area contributed by atoms with Crippen molar-refractivity contribution in [3.05, 3.63) is 24.3 Å². The van der Waals surface area contributed by atoms with Crippen LogP contribution in [0.25, 0.3) is 0 Å². The van der Waals surface area contributed by atoms with Crippen LogP contribution in [0.4, 0.5) is 11.4 Å². The van der Waals surface area contributed by atoms with Crippen molar-refractivity contribution in [2.24, 2.45) is 4.40 Å². The van der Waals surface area contributed by atoms with E-state index in [1.165, 1.54) is 14.1 Å². The molecule has 0 radical (unpaired) electrons. The van der Waals surface area contributed by atoms with E-state index in [0.717, 1.165) is 15.7 Å². The fraction of sp³-hybridized carbons (Fsp3) is 0.500. The van der Waals surface area contributed by atoms with Crippen molar-refractivity contribution >= 4 is 27.4 Å². The van der Waals surface area contributed by atoms with Crippen LogP contribution >= 0.6 is 0 Å². The van der Waals surface area contributed by atoms with Gasteiger partial charge in [0.05, 0.1) is 16.9 Å². The molecule has 1 aliphatic heterocycles. The molecule has 6 nitrogen and oxygen atoms in total. The second-order valence-corrected chi connectivity index (χ2v) is 7.65. The van der Waals surface area contributed by atoms with Crippen LogP contribution in [0, 0.1) is 0 Å². The summed E-state index contributed by atoms with van der Waals surface area (Å²) in [5.41, 5.74) is 1.45. The maximum atomic E-state index is 12.1. The predicted octanol–water partition coefficient (Wildman–Crippen LogP) is 1.56. The molecule has 0 saturated carbocycles. The predicted molar refractivity (Wildman–Crippen MR) is 87.4 cm³/mol. The van der Waals surface area contributed by atoms with Gasteiger partial charge >= 0.3 is 10.2 Å². The van der Waals surface area contributed by atoms with Crippen LogP contribution in [0.1, 0.15) is 13.8 Å². The molecule has 7 heteroatoms. The SMILES string of the molecule is CN1/C(=N\S(=O)(=O)N(C)C)C(C)(C)N(C)c2ccccc21. The average Bonchev–Trinajstić information content (AvgIpc) is 2.41. The molecule has 1 heterocycles. The number of nitrogens with zero attached hydrogens (tertiary/aromatic N) is 4. The lowest BCUT2D eigenvalue weighted by Gasteiger charge is -2.47. The molecule has 0 spiro atoms. The first kappa shape index (κ1) is 15.8. The van der Waals surface area contributed by atoms with Crippen LogP contribution in [0.2, 0.25) is 0 Å². The van der Waals surface area contributed by atoms with Crippen LogP contribution in [0.3, 0.4) is 0 Å². The van der Waals surface area contributed by atoms with E-state index in [2.05, 4.69) is 4.40 Å². The summed E-state index contributed by atoms with van der Waals surface area (Å²) in [5.74, 6) is 0.498. The molecule has 2 rings (SSSR count). The van der Waals surface area contributed by atoms with Crippen molar-refractivity contribution in [2.45, 2.75) is 19.4 Å². The number of amidine groups is 1. The number of anilines is 2. The first-order valence-corrected chi connectivity index (χ1v) is 8.08. The van der Waals surface area contributed by atoms with Crippen molar-refractivity contribution in [1.82, 2.24) is 4.31 Å². The van der Waals surface area contributed by atoms with Crippen molar-refractivity contribution in [2.75, 3.05) is 38.0 Å². The number of hydrogen-bond donors (Lipinski definition) is 0. The normalized spacial score (nSPS) is 20.0. The third-order valence-corrected chi connectivity index (χ3v) is 5.30. The minimum absolute atomic E-state index is 0.498. The number of fused-ring (bicyclic) bond motifs is 1. The molecule has 0 bridgehead atoms. The van der Waals surface area contributed by atoms with E-state index in [-0.39, 0.29) is 0 Å². The van der Waals surface area contributed by atoms with E-state index in [1.807, 2.05) is 62.0 Å². The Kier molecular flexibility index (Phi) is 3.75. The van der Waals surface area contributed by atoms with Crippen molar-refractivity contribution in [1.29, 1.82) is 0 Å². The van der Waals surface area contributed by atoms with Crippen LogP contribution < -0.4 is 9.80 Å². The quantitative estimate of drug-likeness (QED) is 0.832. The summed E-state index contributed by atoms with van der Waals surface area (Å²) in [4.78, 5) is 3.89. The molecule has 0 fully saturated rings. The van der Waals surface area contributed by atoms with Crippen LogP contribution in [-0.4, -0.2) is 52.3 Å². The van der Waals surface area contributed by atoms with Gasteiger partial charge in [0.2, 0.25) is 0 Å². The lowest BCUT2D eigenvalue weighted by molar-refractivity contribution is 0.521. The van der Waals surface area contributed by atoms with Crippen LogP contribution in [0.15, 0.2) is 28.7 Å². The van der Waals surface area contributed by atoms with Gasteiger partial charge in [0.25, 0.3) is 0 Å². The summed E-state index contributed by atoms with van der Waals surface area (Å²) in [6, 6.07) is 7.88. The zero-order valence-electron chi connectivity index (χ0n) is 13.3. The lowest BCUT2D eigenvalue weighted by Crippen LogP contribution is -2.58. The molecule has 0 amide bonds. The van der Waals surface area contributed by atoms with Gasteiger partial charge in [-0.3, -0.25) is 0 Å². The fourth-order valence-electron chi connectivity index (χ4n) is 2.37. The molecule has 0 unspecified atom stereocenters. The Labute approximate surface area is 126 Å². The molecule has 0 aliphatic carbocycles. The zero-order valence-corrected chi connectivity index (χ0v) is 14.1. The summed E-state index contributed by atoms with van der Waals surface area (Å²) in [6.45, 7) is 3.92. The maximum Gasteiger partial charge on any atom is 0.323 e. The Morgan fingerprint density at radius 3 is 2.14 bits per heavy atom.